The van der Waals surface area contributed by atoms with Crippen LogP contribution in [0.5, 0.6) is 11.5 Å². The normalized spacial score (nSPS) is 9.60. The quantitative estimate of drug-likeness (QED) is 0.924. The third-order valence-electron chi connectivity index (χ3n) is 2.42. The fraction of sp³-hybridized carbons (Fsp3) is 0.0667. The number of carbonyl (C=O) groups is 1. The highest BCUT2D eigenvalue weighted by Gasteiger charge is 2.08. The van der Waals surface area contributed by atoms with Gasteiger partial charge in [0.05, 0.1) is 11.8 Å². The van der Waals surface area contributed by atoms with Crippen LogP contribution in [0.1, 0.15) is 6.42 Å². The summed E-state index contributed by atoms with van der Waals surface area (Å²) in [6.07, 6.45) is -0.203. The molecule has 0 saturated heterocycles. The molecule has 0 aliphatic heterocycles. The van der Waals surface area contributed by atoms with E-state index < -0.39 is 0 Å². The maximum absolute atomic E-state index is 11.5. The molecular weight excluding hydrogens is 276 g/mol. The fourth-order valence-electron chi connectivity index (χ4n) is 1.58. The zero-order valence-corrected chi connectivity index (χ0v) is 11.2. The molecule has 2 aromatic rings. The molecule has 0 heterocycles. The van der Waals surface area contributed by atoms with E-state index in [0.29, 0.717) is 22.2 Å². The van der Waals surface area contributed by atoms with Crippen LogP contribution >= 0.6 is 11.6 Å². The lowest BCUT2D eigenvalue weighted by atomic mass is 10.2. The molecule has 5 heteroatoms. The summed E-state index contributed by atoms with van der Waals surface area (Å²) in [5.41, 5.74) is 0.507. The summed E-state index contributed by atoms with van der Waals surface area (Å²) in [6.45, 7) is 0. The van der Waals surface area contributed by atoms with Gasteiger partial charge < -0.3 is 10.1 Å². The van der Waals surface area contributed by atoms with Crippen molar-refractivity contribution in [3.63, 3.8) is 0 Å². The van der Waals surface area contributed by atoms with Gasteiger partial charge in [-0.1, -0.05) is 29.8 Å². The van der Waals surface area contributed by atoms with Gasteiger partial charge in [-0.25, -0.2) is 0 Å². The van der Waals surface area contributed by atoms with Crippen molar-refractivity contribution in [1.29, 1.82) is 5.26 Å². The summed E-state index contributed by atoms with van der Waals surface area (Å²) in [5, 5.41) is 11.7. The number of para-hydroxylation sites is 2. The predicted molar refractivity (Wildman–Crippen MR) is 76.8 cm³/mol. The zero-order chi connectivity index (χ0) is 14.4. The van der Waals surface area contributed by atoms with E-state index in [1.165, 1.54) is 0 Å². The van der Waals surface area contributed by atoms with Crippen LogP contribution in [0.25, 0.3) is 0 Å². The number of anilines is 1. The zero-order valence-electron chi connectivity index (χ0n) is 10.5. The Hall–Kier alpha value is -2.51. The van der Waals surface area contributed by atoms with Crippen molar-refractivity contribution in [3.8, 4) is 17.6 Å². The molecule has 1 N–H and O–H groups in total. The molecule has 0 aromatic heterocycles. The second kappa shape index (κ2) is 6.60. The monoisotopic (exact) mass is 286 g/mol. The van der Waals surface area contributed by atoms with Gasteiger partial charge >= 0.3 is 0 Å². The SMILES string of the molecule is N#CCC(=O)Nc1ccccc1Oc1cccc(Cl)c1. The number of nitriles is 1. The molecule has 0 fully saturated rings. The van der Waals surface area contributed by atoms with Gasteiger partial charge in [0.25, 0.3) is 0 Å². The van der Waals surface area contributed by atoms with Gasteiger partial charge in [-0.05, 0) is 30.3 Å². The van der Waals surface area contributed by atoms with Crippen molar-refractivity contribution in [2.45, 2.75) is 6.42 Å². The van der Waals surface area contributed by atoms with Crippen LogP contribution < -0.4 is 10.1 Å². The Balaban J connectivity index is 2.20. The summed E-state index contributed by atoms with van der Waals surface area (Å²) in [5.74, 6) is 0.676. The number of nitrogens with zero attached hydrogens (tertiary/aromatic N) is 1. The number of rotatable bonds is 4. The third kappa shape index (κ3) is 3.74. The summed E-state index contributed by atoms with van der Waals surface area (Å²) < 4.78 is 5.69. The lowest BCUT2D eigenvalue weighted by molar-refractivity contribution is -0.115. The standard InChI is InChI=1S/C15H11ClN2O2/c16-11-4-3-5-12(10-11)20-14-7-2-1-6-13(14)18-15(19)8-9-17/h1-7,10H,8H2,(H,18,19). The van der Waals surface area contributed by atoms with Crippen molar-refractivity contribution in [3.05, 3.63) is 53.6 Å². The molecular formula is C15H11ClN2O2. The van der Waals surface area contributed by atoms with Gasteiger partial charge in [-0.15, -0.1) is 0 Å². The minimum absolute atomic E-state index is 0.203. The average molecular weight is 287 g/mol. The first-order chi connectivity index (χ1) is 9.69. The first kappa shape index (κ1) is 13.9. The molecule has 2 aromatic carbocycles. The lowest BCUT2D eigenvalue weighted by Gasteiger charge is -2.11. The molecule has 0 unspecified atom stereocenters. The number of ether oxygens (including phenoxy) is 1. The average Bonchev–Trinajstić information content (AvgIpc) is 2.41. The van der Waals surface area contributed by atoms with E-state index in [1.807, 2.05) is 0 Å². The number of hydrogen-bond acceptors (Lipinski definition) is 3. The van der Waals surface area contributed by atoms with Crippen LogP contribution in [0.2, 0.25) is 5.02 Å². The maximum atomic E-state index is 11.5. The molecule has 4 nitrogen and oxygen atoms in total. The van der Waals surface area contributed by atoms with Crippen LogP contribution in [-0.4, -0.2) is 5.91 Å². The molecule has 0 saturated carbocycles. The fourth-order valence-corrected chi connectivity index (χ4v) is 1.76. The number of hydrogen-bond donors (Lipinski definition) is 1. The second-order valence-electron chi connectivity index (χ2n) is 3.94. The topological polar surface area (TPSA) is 62.1 Å². The van der Waals surface area contributed by atoms with E-state index in [2.05, 4.69) is 5.32 Å². The minimum atomic E-state index is -0.380. The number of amides is 1. The number of carbonyl (C=O) groups excluding carboxylic acids is 1. The smallest absolute Gasteiger partial charge is 0.238 e. The summed E-state index contributed by atoms with van der Waals surface area (Å²) in [7, 11) is 0. The first-order valence-electron chi connectivity index (χ1n) is 5.88. The minimum Gasteiger partial charge on any atom is -0.455 e. The van der Waals surface area contributed by atoms with Crippen LogP contribution in [0.15, 0.2) is 48.5 Å². The Bertz CT molecular complexity index is 665. The van der Waals surface area contributed by atoms with Crippen molar-refractivity contribution >= 4 is 23.2 Å². The molecule has 100 valence electrons. The van der Waals surface area contributed by atoms with E-state index in [9.17, 15) is 4.79 Å². The van der Waals surface area contributed by atoms with E-state index in [1.54, 1.807) is 54.6 Å². The van der Waals surface area contributed by atoms with Crippen LogP contribution in [-0.2, 0) is 4.79 Å². The highest BCUT2D eigenvalue weighted by Crippen LogP contribution is 2.30. The predicted octanol–water partition coefficient (Wildman–Crippen LogP) is 3.98. The Kier molecular flexibility index (Phi) is 4.59. The van der Waals surface area contributed by atoms with Crippen LogP contribution in [0.3, 0.4) is 0 Å². The Morgan fingerprint density at radius 3 is 2.80 bits per heavy atom. The lowest BCUT2D eigenvalue weighted by Crippen LogP contribution is -2.10. The van der Waals surface area contributed by atoms with Crippen molar-refractivity contribution < 1.29 is 9.53 Å². The first-order valence-corrected chi connectivity index (χ1v) is 6.26. The number of halogens is 1. The number of nitrogens with one attached hydrogen (secondary N) is 1. The Morgan fingerprint density at radius 2 is 2.05 bits per heavy atom. The van der Waals surface area contributed by atoms with Crippen molar-refractivity contribution in [2.75, 3.05) is 5.32 Å². The molecule has 0 aliphatic carbocycles. The molecule has 0 bridgehead atoms. The maximum Gasteiger partial charge on any atom is 0.238 e. The molecule has 2 rings (SSSR count). The second-order valence-corrected chi connectivity index (χ2v) is 4.38. The number of benzene rings is 2. The molecule has 1 amide bonds. The molecule has 20 heavy (non-hydrogen) atoms. The summed E-state index contributed by atoms with van der Waals surface area (Å²) >= 11 is 5.89. The van der Waals surface area contributed by atoms with Gasteiger partial charge in [0, 0.05) is 5.02 Å². The van der Waals surface area contributed by atoms with Gasteiger partial charge in [0.1, 0.15) is 12.2 Å². The molecule has 0 spiro atoms. The van der Waals surface area contributed by atoms with Crippen molar-refractivity contribution in [1.82, 2.24) is 0 Å². The van der Waals surface area contributed by atoms with Gasteiger partial charge in [-0.3, -0.25) is 4.79 Å². The summed E-state index contributed by atoms with van der Waals surface area (Å²) in [6, 6.07) is 15.7. The van der Waals surface area contributed by atoms with E-state index in [0.717, 1.165) is 0 Å². The molecule has 0 atom stereocenters. The molecule has 0 radical (unpaired) electrons. The van der Waals surface area contributed by atoms with Crippen LogP contribution in [0, 0.1) is 11.3 Å². The van der Waals surface area contributed by atoms with Crippen molar-refractivity contribution in [2.24, 2.45) is 0 Å². The highest BCUT2D eigenvalue weighted by molar-refractivity contribution is 6.30. The van der Waals surface area contributed by atoms with Gasteiger partial charge in [-0.2, -0.15) is 5.26 Å². The Labute approximate surface area is 121 Å². The highest BCUT2D eigenvalue weighted by atomic mass is 35.5. The third-order valence-corrected chi connectivity index (χ3v) is 2.66. The van der Waals surface area contributed by atoms with E-state index >= 15 is 0 Å². The Morgan fingerprint density at radius 1 is 1.25 bits per heavy atom. The summed E-state index contributed by atoms with van der Waals surface area (Å²) in [4.78, 5) is 11.5. The van der Waals surface area contributed by atoms with E-state index in [-0.39, 0.29) is 12.3 Å². The van der Waals surface area contributed by atoms with E-state index in [4.69, 9.17) is 21.6 Å². The van der Waals surface area contributed by atoms with Gasteiger partial charge in [0.15, 0.2) is 5.75 Å². The van der Waals surface area contributed by atoms with Crippen LogP contribution in [0.4, 0.5) is 5.69 Å². The van der Waals surface area contributed by atoms with Gasteiger partial charge in [0.2, 0.25) is 5.91 Å². The molecule has 0 aliphatic rings. The largest absolute Gasteiger partial charge is 0.455 e.